The number of pyridine rings is 1. The van der Waals surface area contributed by atoms with Gasteiger partial charge in [-0.15, -0.1) is 0 Å². The van der Waals surface area contributed by atoms with E-state index in [9.17, 15) is 0 Å². The second-order valence-corrected chi connectivity index (χ2v) is 19.1. The Morgan fingerprint density at radius 3 is 1.89 bits per heavy atom. The molecule has 1 aliphatic heterocycles. The molecule has 0 unspecified atom stereocenters. The molecule has 5 heteroatoms. The average molecular weight is 710 g/mol. The second kappa shape index (κ2) is 12.4. The minimum Gasteiger partial charge on any atom is -0.457 e. The summed E-state index contributed by atoms with van der Waals surface area (Å²) in [5.41, 5.74) is 9.92. The number of nitrogens with zero attached hydrogens (tertiary/aromatic N) is 4. The van der Waals surface area contributed by atoms with Crippen LogP contribution in [0.25, 0.3) is 27.6 Å². The Morgan fingerprint density at radius 1 is 0.604 bits per heavy atom. The Kier molecular flexibility index (Phi) is 7.68. The Hall–Kier alpha value is -4.77. The fourth-order valence-corrected chi connectivity index (χ4v) is 7.29. The lowest BCUT2D eigenvalue weighted by atomic mass is 9.86. The summed E-state index contributed by atoms with van der Waals surface area (Å²) in [6.07, 6.45) is 1.91. The minimum absolute atomic E-state index is 0.00779. The van der Waals surface area contributed by atoms with Crippen molar-refractivity contribution in [3.05, 3.63) is 113 Å². The van der Waals surface area contributed by atoms with Crippen molar-refractivity contribution in [2.75, 3.05) is 23.4 Å². The third kappa shape index (κ3) is 6.80. The van der Waals surface area contributed by atoms with Gasteiger partial charge in [-0.05, 0) is 111 Å². The van der Waals surface area contributed by atoms with Crippen molar-refractivity contribution in [3.63, 3.8) is 0 Å². The van der Waals surface area contributed by atoms with Gasteiger partial charge in [0.15, 0.2) is 0 Å². The highest BCUT2D eigenvalue weighted by Gasteiger charge is 2.29. The molecule has 0 N–H and O–H groups in total. The van der Waals surface area contributed by atoms with Crippen LogP contribution in [0.5, 0.6) is 11.5 Å². The van der Waals surface area contributed by atoms with Crippen molar-refractivity contribution in [1.29, 1.82) is 0 Å². The third-order valence-corrected chi connectivity index (χ3v) is 10.8. The number of rotatable bonds is 4. The molecular formula is C48H58N4O. The zero-order chi connectivity index (χ0) is 40.9. The quantitative estimate of drug-likeness (QED) is 0.182. The third-order valence-electron chi connectivity index (χ3n) is 10.8. The molecule has 0 saturated carbocycles. The van der Waals surface area contributed by atoms with Gasteiger partial charge >= 0.3 is 0 Å². The van der Waals surface area contributed by atoms with Gasteiger partial charge in [0.2, 0.25) is 0 Å². The molecule has 53 heavy (non-hydrogen) atoms. The topological polar surface area (TPSA) is 33.5 Å². The van der Waals surface area contributed by atoms with Gasteiger partial charge in [0.25, 0.3) is 0 Å². The summed E-state index contributed by atoms with van der Waals surface area (Å²) in [4.78, 5) is 8.57. The molecule has 7 rings (SSSR count). The maximum absolute atomic E-state index is 8.47. The number of benzene rings is 4. The molecule has 0 aliphatic carbocycles. The average Bonchev–Trinajstić information content (AvgIpc) is 3.62. The lowest BCUT2D eigenvalue weighted by molar-refractivity contribution is 0.475. The fraction of sp³-hybridized carbons (Fsp3) is 0.396. The highest BCUT2D eigenvalue weighted by Crippen LogP contribution is 2.45. The number of ether oxygens (including phenoxy) is 1. The van der Waals surface area contributed by atoms with E-state index in [-0.39, 0.29) is 28.3 Å². The van der Waals surface area contributed by atoms with Crippen LogP contribution in [0, 0.1) is 6.92 Å². The van der Waals surface area contributed by atoms with Gasteiger partial charge in [-0.3, -0.25) is 4.57 Å². The summed E-state index contributed by atoms with van der Waals surface area (Å²) in [7, 11) is 0. The molecule has 0 bridgehead atoms. The van der Waals surface area contributed by atoms with E-state index in [0.29, 0.717) is 11.4 Å². The normalized spacial score (nSPS) is 15.2. The second-order valence-electron chi connectivity index (χ2n) is 19.1. The van der Waals surface area contributed by atoms with Crippen LogP contribution in [0.4, 0.5) is 17.1 Å². The Bertz CT molecular complexity index is 2480. The monoisotopic (exact) mass is 709 g/mol. The molecule has 276 valence electrons. The number of aryl methyl sites for hydroxylation is 1. The first-order valence-corrected chi connectivity index (χ1v) is 18.9. The standard InChI is InChI=1S/C48H58N4O/c1-30-21-37-38-24-31(45(2,3)4)15-17-39(38)52(44-26-33(19-20-49-44)47(8,9)10)41(37)28-43(30)53-36-23-34(48(11,12)13)22-35(27-36)51-29-50(14)42-25-32(46(5,6)7)16-18-40(42)51/h15-28H,29H2,1-14H3/i14D3. The van der Waals surface area contributed by atoms with Crippen molar-refractivity contribution in [2.45, 2.75) is 112 Å². The van der Waals surface area contributed by atoms with Crippen LogP contribution in [0.3, 0.4) is 0 Å². The first-order valence-electron chi connectivity index (χ1n) is 20.4. The highest BCUT2D eigenvalue weighted by atomic mass is 16.5. The predicted octanol–water partition coefficient (Wildman–Crippen LogP) is 13.0. The molecule has 2 aromatic heterocycles. The maximum Gasteiger partial charge on any atom is 0.137 e. The first kappa shape index (κ1) is 32.8. The molecule has 0 spiro atoms. The molecule has 0 radical (unpaired) electrons. The number of hydrogen-bond acceptors (Lipinski definition) is 4. The van der Waals surface area contributed by atoms with Gasteiger partial charge in [-0.1, -0.05) is 95.2 Å². The number of fused-ring (bicyclic) bond motifs is 4. The van der Waals surface area contributed by atoms with Crippen molar-refractivity contribution in [2.24, 2.45) is 0 Å². The van der Waals surface area contributed by atoms with E-state index in [1.807, 2.05) is 18.3 Å². The lowest BCUT2D eigenvalue weighted by Gasteiger charge is -2.26. The summed E-state index contributed by atoms with van der Waals surface area (Å²) in [6.45, 7) is 26.5. The van der Waals surface area contributed by atoms with Crippen LogP contribution in [-0.4, -0.2) is 23.2 Å². The van der Waals surface area contributed by atoms with E-state index in [1.54, 1.807) is 0 Å². The van der Waals surface area contributed by atoms with Gasteiger partial charge in [-0.25, -0.2) is 4.98 Å². The van der Waals surface area contributed by atoms with Crippen LogP contribution >= 0.6 is 0 Å². The molecule has 0 atom stereocenters. The zero-order valence-corrected chi connectivity index (χ0v) is 34.0. The largest absolute Gasteiger partial charge is 0.457 e. The van der Waals surface area contributed by atoms with E-state index < -0.39 is 6.98 Å². The van der Waals surface area contributed by atoms with Gasteiger partial charge in [0, 0.05) is 45.9 Å². The van der Waals surface area contributed by atoms with Gasteiger partial charge in [0.1, 0.15) is 17.3 Å². The Balaban J connectivity index is 1.39. The highest BCUT2D eigenvalue weighted by molar-refractivity contribution is 6.10. The molecule has 0 amide bonds. The maximum atomic E-state index is 8.47. The number of aromatic nitrogens is 2. The molecule has 5 nitrogen and oxygen atoms in total. The first-order chi connectivity index (χ1) is 25.8. The zero-order valence-electron chi connectivity index (χ0n) is 37.0. The van der Waals surface area contributed by atoms with Crippen LogP contribution in [0.1, 0.15) is 115 Å². The minimum atomic E-state index is -2.30. The van der Waals surface area contributed by atoms with E-state index in [2.05, 4.69) is 166 Å². The Labute approximate surface area is 321 Å². The van der Waals surface area contributed by atoms with Crippen LogP contribution in [0.2, 0.25) is 0 Å². The van der Waals surface area contributed by atoms with Crippen molar-refractivity contribution in [3.8, 4) is 17.3 Å². The molecule has 0 fully saturated rings. The van der Waals surface area contributed by atoms with E-state index in [1.165, 1.54) is 21.4 Å². The summed E-state index contributed by atoms with van der Waals surface area (Å²) in [6, 6.07) is 28.1. The Morgan fingerprint density at radius 2 is 1.23 bits per heavy atom. The smallest absolute Gasteiger partial charge is 0.137 e. The molecule has 3 heterocycles. The molecule has 1 aliphatic rings. The molecule has 0 saturated heterocycles. The van der Waals surface area contributed by atoms with E-state index in [4.69, 9.17) is 13.8 Å². The summed E-state index contributed by atoms with van der Waals surface area (Å²) in [5.74, 6) is 2.32. The van der Waals surface area contributed by atoms with Crippen LogP contribution in [0.15, 0.2) is 85.1 Å². The van der Waals surface area contributed by atoms with Gasteiger partial charge in [-0.2, -0.15) is 0 Å². The van der Waals surface area contributed by atoms with Gasteiger partial charge in [0.05, 0.1) is 29.1 Å². The van der Waals surface area contributed by atoms with E-state index in [0.717, 1.165) is 56.1 Å². The number of anilines is 3. The predicted molar refractivity (Wildman–Crippen MR) is 226 cm³/mol. The molecule has 4 aromatic carbocycles. The van der Waals surface area contributed by atoms with Crippen molar-refractivity contribution < 1.29 is 8.85 Å². The molecule has 6 aromatic rings. The summed E-state index contributed by atoms with van der Waals surface area (Å²) >= 11 is 0. The van der Waals surface area contributed by atoms with Gasteiger partial charge < -0.3 is 14.5 Å². The van der Waals surface area contributed by atoms with Crippen molar-refractivity contribution in [1.82, 2.24) is 9.55 Å². The van der Waals surface area contributed by atoms with E-state index >= 15 is 0 Å². The number of hydrogen-bond donors (Lipinski definition) is 0. The van der Waals surface area contributed by atoms with Crippen LogP contribution in [-0.2, 0) is 21.7 Å². The fourth-order valence-electron chi connectivity index (χ4n) is 7.29. The summed E-state index contributed by atoms with van der Waals surface area (Å²) in [5, 5.41) is 2.33. The van der Waals surface area contributed by atoms with Crippen LogP contribution < -0.4 is 14.5 Å². The molecular weight excluding hydrogens is 649 g/mol. The summed E-state index contributed by atoms with van der Waals surface area (Å²) < 4.78 is 34.6. The lowest BCUT2D eigenvalue weighted by Crippen LogP contribution is -2.24. The van der Waals surface area contributed by atoms with Crippen molar-refractivity contribution >= 4 is 38.9 Å². The SMILES string of the molecule is [2H]C([2H])([2H])N1CN(c2cc(Oc3cc4c(cc3C)c3cc(C(C)(C)C)ccc3n4-c3cc(C(C)(C)C)ccn3)cc(C(C)(C)C)c2)c2ccc(C(C)(C)C)cc21.